The third-order valence-corrected chi connectivity index (χ3v) is 4.20. The highest BCUT2D eigenvalue weighted by molar-refractivity contribution is 6.35. The van der Waals surface area contributed by atoms with E-state index in [0.29, 0.717) is 31.9 Å². The van der Waals surface area contributed by atoms with Crippen LogP contribution in [-0.4, -0.2) is 12.2 Å². The number of hydrogen-bond donors (Lipinski definition) is 1. The Bertz CT molecular complexity index is 641. The molecule has 0 aliphatic rings. The topological polar surface area (TPSA) is 29.5 Å². The van der Waals surface area contributed by atoms with Gasteiger partial charge in [0.2, 0.25) is 0 Å². The lowest BCUT2D eigenvalue weighted by Crippen LogP contribution is -2.03. The minimum Gasteiger partial charge on any atom is -0.495 e. The lowest BCUT2D eigenvalue weighted by atomic mass is 9.97. The van der Waals surface area contributed by atoms with Gasteiger partial charge < -0.3 is 9.84 Å². The largest absolute Gasteiger partial charge is 0.495 e. The van der Waals surface area contributed by atoms with Gasteiger partial charge in [-0.2, -0.15) is 0 Å². The first-order valence-corrected chi connectivity index (χ1v) is 7.05. The second-order valence-corrected chi connectivity index (χ2v) is 5.59. The molecule has 0 aliphatic carbocycles. The van der Waals surface area contributed by atoms with Gasteiger partial charge in [0.25, 0.3) is 0 Å². The van der Waals surface area contributed by atoms with Gasteiger partial charge in [0.1, 0.15) is 11.9 Å². The summed E-state index contributed by atoms with van der Waals surface area (Å²) >= 11 is 18.3. The van der Waals surface area contributed by atoms with E-state index in [1.54, 1.807) is 30.3 Å². The summed E-state index contributed by atoms with van der Waals surface area (Å²) in [6.45, 7) is 1.85. The summed E-state index contributed by atoms with van der Waals surface area (Å²) in [7, 11) is 1.51. The number of halogens is 3. The zero-order valence-electron chi connectivity index (χ0n) is 11.0. The fraction of sp³-hybridized carbons (Fsp3) is 0.200. The molecule has 2 rings (SSSR count). The van der Waals surface area contributed by atoms with E-state index < -0.39 is 6.10 Å². The van der Waals surface area contributed by atoms with Crippen molar-refractivity contribution in [1.82, 2.24) is 0 Å². The van der Waals surface area contributed by atoms with Crippen molar-refractivity contribution in [3.8, 4) is 5.75 Å². The van der Waals surface area contributed by atoms with Crippen LogP contribution in [0.2, 0.25) is 15.1 Å². The van der Waals surface area contributed by atoms with E-state index >= 15 is 0 Å². The molecule has 0 aliphatic heterocycles. The van der Waals surface area contributed by atoms with Gasteiger partial charge in [-0.1, -0.05) is 46.9 Å². The molecule has 0 fully saturated rings. The van der Waals surface area contributed by atoms with Crippen molar-refractivity contribution in [2.45, 2.75) is 13.0 Å². The Hall–Kier alpha value is -0.930. The van der Waals surface area contributed by atoms with Crippen LogP contribution in [0.4, 0.5) is 0 Å². The summed E-state index contributed by atoms with van der Waals surface area (Å²) in [5.41, 5.74) is 2.02. The average molecular weight is 332 g/mol. The lowest BCUT2D eigenvalue weighted by Gasteiger charge is -2.17. The maximum absolute atomic E-state index is 10.5. The lowest BCUT2D eigenvalue weighted by molar-refractivity contribution is 0.219. The van der Waals surface area contributed by atoms with Gasteiger partial charge in [0.15, 0.2) is 0 Å². The number of aliphatic hydroxyl groups is 1. The predicted molar refractivity (Wildman–Crippen MR) is 83.3 cm³/mol. The van der Waals surface area contributed by atoms with Crippen molar-refractivity contribution in [3.63, 3.8) is 0 Å². The first kappa shape index (κ1) is 15.5. The molecule has 2 aromatic rings. The van der Waals surface area contributed by atoms with E-state index in [1.807, 2.05) is 6.92 Å². The van der Waals surface area contributed by atoms with Gasteiger partial charge in [0, 0.05) is 16.7 Å². The van der Waals surface area contributed by atoms with E-state index in [4.69, 9.17) is 39.5 Å². The van der Waals surface area contributed by atoms with Crippen LogP contribution in [0.5, 0.6) is 5.75 Å². The summed E-state index contributed by atoms with van der Waals surface area (Å²) in [6.07, 6.45) is -0.899. The fourth-order valence-corrected chi connectivity index (χ4v) is 2.69. The first-order chi connectivity index (χ1) is 9.45. The number of aliphatic hydroxyl groups excluding tert-OH is 1. The minimum absolute atomic E-state index is 0.387. The molecule has 2 nitrogen and oxygen atoms in total. The molecule has 0 saturated carbocycles. The first-order valence-electron chi connectivity index (χ1n) is 5.91. The Morgan fingerprint density at radius 1 is 1.00 bits per heavy atom. The fourth-order valence-electron chi connectivity index (χ4n) is 2.00. The van der Waals surface area contributed by atoms with Crippen molar-refractivity contribution in [2.24, 2.45) is 0 Å². The van der Waals surface area contributed by atoms with E-state index in [0.717, 1.165) is 5.56 Å². The molecular weight excluding hydrogens is 319 g/mol. The molecule has 0 bridgehead atoms. The van der Waals surface area contributed by atoms with Gasteiger partial charge in [-0.05, 0) is 30.2 Å². The third kappa shape index (κ3) is 2.89. The highest BCUT2D eigenvalue weighted by Gasteiger charge is 2.19. The Morgan fingerprint density at radius 3 is 2.35 bits per heavy atom. The van der Waals surface area contributed by atoms with E-state index in [2.05, 4.69) is 0 Å². The van der Waals surface area contributed by atoms with Crippen LogP contribution in [0.3, 0.4) is 0 Å². The van der Waals surface area contributed by atoms with Crippen molar-refractivity contribution in [3.05, 3.63) is 62.1 Å². The second-order valence-electron chi connectivity index (χ2n) is 4.36. The van der Waals surface area contributed by atoms with Crippen LogP contribution in [0.25, 0.3) is 0 Å². The molecular formula is C15H13Cl3O2. The van der Waals surface area contributed by atoms with Crippen LogP contribution < -0.4 is 4.74 Å². The molecule has 106 valence electrons. The van der Waals surface area contributed by atoms with Gasteiger partial charge in [0.05, 0.1) is 17.2 Å². The Labute approximate surface area is 132 Å². The average Bonchev–Trinajstić information content (AvgIpc) is 2.43. The van der Waals surface area contributed by atoms with E-state index in [-0.39, 0.29) is 0 Å². The van der Waals surface area contributed by atoms with Crippen LogP contribution in [0, 0.1) is 6.92 Å². The predicted octanol–water partition coefficient (Wildman–Crippen LogP) is 5.05. The quantitative estimate of drug-likeness (QED) is 0.853. The monoisotopic (exact) mass is 330 g/mol. The number of methoxy groups -OCH3 is 1. The van der Waals surface area contributed by atoms with Crippen LogP contribution in [0.1, 0.15) is 22.8 Å². The summed E-state index contributed by atoms with van der Waals surface area (Å²) in [5.74, 6) is 0.468. The van der Waals surface area contributed by atoms with Crippen LogP contribution >= 0.6 is 34.8 Å². The van der Waals surface area contributed by atoms with Crippen molar-refractivity contribution >= 4 is 34.8 Å². The normalized spacial score (nSPS) is 12.3. The highest BCUT2D eigenvalue weighted by atomic mass is 35.5. The SMILES string of the molecule is COc1cc(Cl)c(C(O)c2cccc(Cl)c2C)cc1Cl. The third-order valence-electron chi connectivity index (χ3n) is 3.17. The van der Waals surface area contributed by atoms with Gasteiger partial charge in [-0.25, -0.2) is 0 Å². The Balaban J connectivity index is 2.51. The minimum atomic E-state index is -0.899. The smallest absolute Gasteiger partial charge is 0.138 e. The zero-order chi connectivity index (χ0) is 14.9. The van der Waals surface area contributed by atoms with Crippen molar-refractivity contribution in [1.29, 1.82) is 0 Å². The number of ether oxygens (including phenoxy) is 1. The van der Waals surface area contributed by atoms with Crippen molar-refractivity contribution < 1.29 is 9.84 Å². The summed E-state index contributed by atoms with van der Waals surface area (Å²) in [5, 5.41) is 11.9. The maximum atomic E-state index is 10.5. The highest BCUT2D eigenvalue weighted by Crippen LogP contribution is 2.37. The summed E-state index contributed by atoms with van der Waals surface area (Å²) < 4.78 is 5.09. The molecule has 0 heterocycles. The van der Waals surface area contributed by atoms with Crippen molar-refractivity contribution in [2.75, 3.05) is 7.11 Å². The number of benzene rings is 2. The standard InChI is InChI=1S/C15H13Cl3O2/c1-8-9(4-3-5-11(8)16)15(19)10-6-13(18)14(20-2)7-12(10)17/h3-7,15,19H,1-2H3. The molecule has 1 N–H and O–H groups in total. The molecule has 1 unspecified atom stereocenters. The molecule has 0 saturated heterocycles. The van der Waals surface area contributed by atoms with Gasteiger partial charge in [-0.3, -0.25) is 0 Å². The number of rotatable bonds is 3. The Kier molecular flexibility index (Phi) is 4.82. The van der Waals surface area contributed by atoms with Crippen LogP contribution in [-0.2, 0) is 0 Å². The maximum Gasteiger partial charge on any atom is 0.138 e. The van der Waals surface area contributed by atoms with Gasteiger partial charge in [-0.15, -0.1) is 0 Å². The van der Waals surface area contributed by atoms with Gasteiger partial charge >= 0.3 is 0 Å². The molecule has 0 amide bonds. The molecule has 0 spiro atoms. The zero-order valence-corrected chi connectivity index (χ0v) is 13.2. The van der Waals surface area contributed by atoms with Crippen LogP contribution in [0.15, 0.2) is 30.3 Å². The number of hydrogen-bond acceptors (Lipinski definition) is 2. The van der Waals surface area contributed by atoms with E-state index in [9.17, 15) is 5.11 Å². The molecule has 1 atom stereocenters. The molecule has 2 aromatic carbocycles. The summed E-state index contributed by atoms with van der Waals surface area (Å²) in [4.78, 5) is 0. The molecule has 0 radical (unpaired) electrons. The molecule has 20 heavy (non-hydrogen) atoms. The molecule has 5 heteroatoms. The molecule has 0 aromatic heterocycles. The summed E-state index contributed by atoms with van der Waals surface area (Å²) in [6, 6.07) is 8.55. The second kappa shape index (κ2) is 6.23. The Morgan fingerprint density at radius 2 is 1.70 bits per heavy atom. The van der Waals surface area contributed by atoms with E-state index in [1.165, 1.54) is 7.11 Å².